The second-order valence-electron chi connectivity index (χ2n) is 6.76. The van der Waals surface area contributed by atoms with E-state index in [1.54, 1.807) is 32.6 Å². The van der Waals surface area contributed by atoms with Crippen molar-refractivity contribution in [3.05, 3.63) is 76.6 Å². The quantitative estimate of drug-likeness (QED) is 0.506. The smallest absolute Gasteiger partial charge is 0.271 e. The second-order valence-corrected chi connectivity index (χ2v) is 6.76. The predicted molar refractivity (Wildman–Crippen MR) is 115 cm³/mol. The van der Waals surface area contributed by atoms with Gasteiger partial charge in [0.25, 0.3) is 5.91 Å². The fraction of sp³-hybridized carbons (Fsp3) is 0.217. The molecule has 2 aromatic carbocycles. The van der Waals surface area contributed by atoms with Gasteiger partial charge in [-0.1, -0.05) is 0 Å². The van der Waals surface area contributed by atoms with Crippen LogP contribution in [0.1, 0.15) is 32.9 Å². The van der Waals surface area contributed by atoms with Crippen LogP contribution in [0.25, 0.3) is 5.69 Å². The molecule has 0 aliphatic carbocycles. The van der Waals surface area contributed by atoms with Crippen LogP contribution in [0.4, 0.5) is 0 Å². The Morgan fingerprint density at radius 1 is 0.931 bits per heavy atom. The van der Waals surface area contributed by atoms with Crippen LogP contribution in [-0.4, -0.2) is 30.9 Å². The van der Waals surface area contributed by atoms with Crippen molar-refractivity contribution in [2.24, 2.45) is 5.10 Å². The summed E-state index contributed by atoms with van der Waals surface area (Å²) < 4.78 is 12.7. The van der Waals surface area contributed by atoms with Crippen LogP contribution in [-0.2, 0) is 0 Å². The molecule has 3 aromatic rings. The van der Waals surface area contributed by atoms with Crippen LogP contribution in [0, 0.1) is 20.8 Å². The molecule has 1 heterocycles. The number of benzene rings is 2. The summed E-state index contributed by atoms with van der Waals surface area (Å²) in [7, 11) is 3.17. The maximum Gasteiger partial charge on any atom is 0.271 e. The van der Waals surface area contributed by atoms with Crippen molar-refractivity contribution in [2.45, 2.75) is 20.8 Å². The molecule has 1 amide bonds. The molecule has 0 unspecified atom stereocenters. The van der Waals surface area contributed by atoms with Crippen molar-refractivity contribution in [1.82, 2.24) is 9.99 Å². The van der Waals surface area contributed by atoms with E-state index in [0.717, 1.165) is 28.2 Å². The minimum absolute atomic E-state index is 0.271. The zero-order chi connectivity index (χ0) is 21.0. The first-order valence-electron chi connectivity index (χ1n) is 9.26. The van der Waals surface area contributed by atoms with Crippen molar-refractivity contribution in [2.75, 3.05) is 14.2 Å². The number of methoxy groups -OCH3 is 2. The van der Waals surface area contributed by atoms with E-state index in [9.17, 15) is 4.79 Å². The average Bonchev–Trinajstić information content (AvgIpc) is 3.06. The molecule has 0 saturated carbocycles. The third-order valence-electron chi connectivity index (χ3n) is 4.80. The molecule has 0 radical (unpaired) electrons. The molecule has 0 fully saturated rings. The van der Waals surface area contributed by atoms with Crippen LogP contribution in [0.5, 0.6) is 11.5 Å². The zero-order valence-electron chi connectivity index (χ0n) is 17.3. The van der Waals surface area contributed by atoms with Crippen molar-refractivity contribution in [3.8, 4) is 17.2 Å². The van der Waals surface area contributed by atoms with Gasteiger partial charge < -0.3 is 14.0 Å². The monoisotopic (exact) mass is 391 g/mol. The maximum atomic E-state index is 12.4. The fourth-order valence-corrected chi connectivity index (χ4v) is 3.20. The Labute approximate surface area is 170 Å². The number of aromatic nitrogens is 1. The van der Waals surface area contributed by atoms with Crippen molar-refractivity contribution in [3.63, 3.8) is 0 Å². The van der Waals surface area contributed by atoms with Gasteiger partial charge in [-0.15, -0.1) is 0 Å². The third-order valence-corrected chi connectivity index (χ3v) is 4.80. The lowest BCUT2D eigenvalue weighted by atomic mass is 10.1. The zero-order valence-corrected chi connectivity index (χ0v) is 17.3. The number of ether oxygens (including phenoxy) is 2. The molecule has 1 N–H and O–H groups in total. The van der Waals surface area contributed by atoms with E-state index in [1.807, 2.05) is 31.2 Å². The average molecular weight is 391 g/mol. The topological polar surface area (TPSA) is 64.8 Å². The number of rotatable bonds is 6. The molecule has 150 valence electrons. The number of hydrogen-bond donors (Lipinski definition) is 1. The molecule has 0 saturated heterocycles. The highest BCUT2D eigenvalue weighted by atomic mass is 16.5. The molecule has 6 heteroatoms. The van der Waals surface area contributed by atoms with Gasteiger partial charge in [0, 0.05) is 28.2 Å². The SMILES string of the molecule is COc1cc(C)c(C=NNC(=O)c2ccc(-n3c(C)ccc3C)cc2)cc1OC. The summed E-state index contributed by atoms with van der Waals surface area (Å²) in [4.78, 5) is 12.4. The van der Waals surface area contributed by atoms with E-state index in [2.05, 4.69) is 41.1 Å². The van der Waals surface area contributed by atoms with E-state index >= 15 is 0 Å². The standard InChI is InChI=1S/C23H25N3O3/c1-15-12-21(28-4)22(29-5)13-19(15)14-24-25-23(27)18-8-10-20(11-9-18)26-16(2)6-7-17(26)3/h6-14H,1-5H3,(H,25,27). The highest BCUT2D eigenvalue weighted by molar-refractivity contribution is 5.95. The first-order valence-corrected chi connectivity index (χ1v) is 9.26. The lowest BCUT2D eigenvalue weighted by Crippen LogP contribution is -2.17. The highest BCUT2D eigenvalue weighted by Crippen LogP contribution is 2.29. The lowest BCUT2D eigenvalue weighted by Gasteiger charge is -2.10. The minimum Gasteiger partial charge on any atom is -0.493 e. The summed E-state index contributed by atoms with van der Waals surface area (Å²) in [6, 6.07) is 15.3. The maximum absolute atomic E-state index is 12.4. The summed E-state index contributed by atoms with van der Waals surface area (Å²) in [6.07, 6.45) is 1.59. The molecule has 0 atom stereocenters. The van der Waals surface area contributed by atoms with Gasteiger partial charge in [0.1, 0.15) is 0 Å². The molecule has 29 heavy (non-hydrogen) atoms. The summed E-state index contributed by atoms with van der Waals surface area (Å²) in [5, 5.41) is 4.08. The molecule has 1 aromatic heterocycles. The van der Waals surface area contributed by atoms with Gasteiger partial charge >= 0.3 is 0 Å². The van der Waals surface area contributed by atoms with Crippen molar-refractivity contribution in [1.29, 1.82) is 0 Å². The molecule has 0 aliphatic rings. The molecular formula is C23H25N3O3. The molecule has 6 nitrogen and oxygen atoms in total. The highest BCUT2D eigenvalue weighted by Gasteiger charge is 2.09. The molecule has 0 spiro atoms. The number of nitrogens with one attached hydrogen (secondary N) is 1. The van der Waals surface area contributed by atoms with E-state index in [0.29, 0.717) is 17.1 Å². The van der Waals surface area contributed by atoms with E-state index in [1.165, 1.54) is 0 Å². The molecular weight excluding hydrogens is 366 g/mol. The number of aryl methyl sites for hydroxylation is 3. The van der Waals surface area contributed by atoms with Gasteiger partial charge in [0.05, 0.1) is 20.4 Å². The number of hydrogen-bond acceptors (Lipinski definition) is 4. The Balaban J connectivity index is 1.71. The first kappa shape index (κ1) is 20.2. The Kier molecular flexibility index (Phi) is 6.02. The van der Waals surface area contributed by atoms with E-state index in [4.69, 9.17) is 9.47 Å². The van der Waals surface area contributed by atoms with Crippen LogP contribution >= 0.6 is 0 Å². The summed E-state index contributed by atoms with van der Waals surface area (Å²) >= 11 is 0. The van der Waals surface area contributed by atoms with Gasteiger partial charge in [-0.3, -0.25) is 4.79 Å². The Hall–Kier alpha value is -3.54. The van der Waals surface area contributed by atoms with E-state index in [-0.39, 0.29) is 5.91 Å². The fourth-order valence-electron chi connectivity index (χ4n) is 3.20. The predicted octanol–water partition coefficient (Wildman–Crippen LogP) is 4.18. The van der Waals surface area contributed by atoms with Crippen LogP contribution in [0.15, 0.2) is 53.6 Å². The lowest BCUT2D eigenvalue weighted by molar-refractivity contribution is 0.0955. The number of carbonyl (C=O) groups excluding carboxylic acids is 1. The van der Waals surface area contributed by atoms with E-state index < -0.39 is 0 Å². The first-order chi connectivity index (χ1) is 13.9. The Morgan fingerprint density at radius 3 is 2.10 bits per heavy atom. The third kappa shape index (κ3) is 4.32. The molecule has 3 rings (SSSR count). The van der Waals surface area contributed by atoms with Gasteiger partial charge in [-0.2, -0.15) is 5.10 Å². The molecule has 0 bridgehead atoms. The number of hydrazone groups is 1. The van der Waals surface area contributed by atoms with Crippen LogP contribution in [0.2, 0.25) is 0 Å². The number of carbonyl (C=O) groups is 1. The van der Waals surface area contributed by atoms with Gasteiger partial charge in [0.15, 0.2) is 11.5 Å². The summed E-state index contributed by atoms with van der Waals surface area (Å²) in [6.45, 7) is 6.05. The normalized spacial score (nSPS) is 10.9. The van der Waals surface area contributed by atoms with Gasteiger partial charge in [-0.25, -0.2) is 5.43 Å². The Morgan fingerprint density at radius 2 is 1.52 bits per heavy atom. The number of amides is 1. The number of nitrogens with zero attached hydrogens (tertiary/aromatic N) is 2. The second kappa shape index (κ2) is 8.65. The Bertz CT molecular complexity index is 1030. The molecule has 0 aliphatic heterocycles. The van der Waals surface area contributed by atoms with Gasteiger partial charge in [0.2, 0.25) is 0 Å². The van der Waals surface area contributed by atoms with Gasteiger partial charge in [-0.05, 0) is 74.9 Å². The summed E-state index contributed by atoms with van der Waals surface area (Å²) in [5.41, 5.74) is 8.21. The largest absolute Gasteiger partial charge is 0.493 e. The van der Waals surface area contributed by atoms with Crippen molar-refractivity contribution >= 4 is 12.1 Å². The van der Waals surface area contributed by atoms with Crippen LogP contribution < -0.4 is 14.9 Å². The minimum atomic E-state index is -0.271. The van der Waals surface area contributed by atoms with Crippen molar-refractivity contribution < 1.29 is 14.3 Å². The summed E-state index contributed by atoms with van der Waals surface area (Å²) in [5.74, 6) is 0.989. The van der Waals surface area contributed by atoms with Crippen LogP contribution in [0.3, 0.4) is 0 Å².